The van der Waals surface area contributed by atoms with Crippen molar-refractivity contribution in [1.29, 1.82) is 0 Å². The highest BCUT2D eigenvalue weighted by atomic mass is 35.5. The molecule has 0 bridgehead atoms. The zero-order chi connectivity index (χ0) is 6.69. The highest BCUT2D eigenvalue weighted by Gasteiger charge is 2.22. The zero-order valence-electron chi connectivity index (χ0n) is 5.19. The average molecular weight is 148 g/mol. The van der Waals surface area contributed by atoms with Gasteiger partial charge in [-0.05, 0) is 12.8 Å². The van der Waals surface area contributed by atoms with Gasteiger partial charge >= 0.3 is 0 Å². The van der Waals surface area contributed by atoms with E-state index in [9.17, 15) is 4.79 Å². The van der Waals surface area contributed by atoms with E-state index < -0.39 is 0 Å². The second-order valence-electron chi connectivity index (χ2n) is 2.28. The van der Waals surface area contributed by atoms with E-state index in [0.29, 0.717) is 18.3 Å². The maximum Gasteiger partial charge on any atom is 0.221 e. The summed E-state index contributed by atoms with van der Waals surface area (Å²) in [6.45, 7) is 0. The van der Waals surface area contributed by atoms with Crippen molar-refractivity contribution in [2.24, 2.45) is 0 Å². The van der Waals surface area contributed by atoms with Crippen LogP contribution in [-0.2, 0) is 4.79 Å². The number of alkyl halides is 1. The molecule has 0 aliphatic heterocycles. The van der Waals surface area contributed by atoms with Crippen molar-refractivity contribution in [3.8, 4) is 0 Å². The summed E-state index contributed by atoms with van der Waals surface area (Å²) in [5.74, 6) is 0.519. The van der Waals surface area contributed by atoms with Crippen LogP contribution in [0, 0.1) is 0 Å². The maximum atomic E-state index is 10.7. The summed E-state index contributed by atoms with van der Waals surface area (Å²) in [5.41, 5.74) is 0. The number of amides is 1. The molecule has 3 heteroatoms. The molecule has 1 aliphatic rings. The van der Waals surface area contributed by atoms with Crippen LogP contribution in [0.5, 0.6) is 0 Å². The number of nitrogens with one attached hydrogen (secondary N) is 1. The van der Waals surface area contributed by atoms with Crippen LogP contribution in [0.2, 0.25) is 0 Å². The van der Waals surface area contributed by atoms with Crippen molar-refractivity contribution in [2.45, 2.75) is 25.3 Å². The summed E-state index contributed by atoms with van der Waals surface area (Å²) >= 11 is 5.34. The summed E-state index contributed by atoms with van der Waals surface area (Å²) < 4.78 is 0. The minimum Gasteiger partial charge on any atom is -0.353 e. The van der Waals surface area contributed by atoms with E-state index in [1.54, 1.807) is 0 Å². The quantitative estimate of drug-likeness (QED) is 0.591. The van der Waals surface area contributed by atoms with Crippen molar-refractivity contribution >= 4 is 17.5 Å². The number of carbonyl (C=O) groups is 1. The van der Waals surface area contributed by atoms with Crippen LogP contribution in [0.4, 0.5) is 0 Å². The van der Waals surface area contributed by atoms with Crippen LogP contribution in [0.25, 0.3) is 0 Å². The highest BCUT2D eigenvalue weighted by Crippen LogP contribution is 2.18. The van der Waals surface area contributed by atoms with Crippen molar-refractivity contribution in [3.63, 3.8) is 0 Å². The van der Waals surface area contributed by atoms with Gasteiger partial charge in [0.2, 0.25) is 5.91 Å². The van der Waals surface area contributed by atoms with Crippen LogP contribution < -0.4 is 5.32 Å². The Labute approximate surface area is 59.6 Å². The molecule has 1 N–H and O–H groups in total. The Morgan fingerprint density at radius 3 is 2.78 bits per heavy atom. The van der Waals surface area contributed by atoms with Gasteiger partial charge in [0.1, 0.15) is 0 Å². The molecule has 0 unspecified atom stereocenters. The molecule has 1 amide bonds. The summed E-state index contributed by atoms with van der Waals surface area (Å²) in [4.78, 5) is 10.7. The molecule has 0 heterocycles. The first kappa shape index (κ1) is 6.87. The molecule has 0 radical (unpaired) electrons. The Bertz CT molecular complexity index is 112. The Morgan fingerprint density at radius 1 is 1.67 bits per heavy atom. The summed E-state index contributed by atoms with van der Waals surface area (Å²) in [6, 6.07) is 0.473. The molecule has 9 heavy (non-hydrogen) atoms. The molecule has 2 nitrogen and oxygen atoms in total. The normalized spacial score (nSPS) is 17.4. The minimum atomic E-state index is 0.0903. The van der Waals surface area contributed by atoms with E-state index in [4.69, 9.17) is 11.6 Å². The van der Waals surface area contributed by atoms with Gasteiger partial charge in [0, 0.05) is 18.3 Å². The van der Waals surface area contributed by atoms with Crippen molar-refractivity contribution in [3.05, 3.63) is 0 Å². The first-order valence-electron chi connectivity index (χ1n) is 3.18. The Balaban J connectivity index is 2.02. The number of hydrogen-bond acceptors (Lipinski definition) is 1. The second kappa shape index (κ2) is 3.06. The van der Waals surface area contributed by atoms with Crippen molar-refractivity contribution in [2.75, 3.05) is 5.88 Å². The second-order valence-corrected chi connectivity index (χ2v) is 2.66. The first-order chi connectivity index (χ1) is 4.33. The number of halogens is 1. The smallest absolute Gasteiger partial charge is 0.221 e. The van der Waals surface area contributed by atoms with Gasteiger partial charge in [-0.3, -0.25) is 4.79 Å². The van der Waals surface area contributed by atoms with E-state index in [1.807, 2.05) is 0 Å². The standard InChI is InChI=1S/C6H10ClNO/c7-4-3-6(9)8-5-1-2-5/h5H,1-4H2,(H,8,9). The molecule has 0 aromatic carbocycles. The summed E-state index contributed by atoms with van der Waals surface area (Å²) in [6.07, 6.45) is 2.75. The predicted octanol–water partition coefficient (Wildman–Crippen LogP) is 0.894. The van der Waals surface area contributed by atoms with E-state index in [1.165, 1.54) is 0 Å². The molecule has 1 saturated carbocycles. The molecule has 0 spiro atoms. The zero-order valence-corrected chi connectivity index (χ0v) is 5.95. The lowest BCUT2D eigenvalue weighted by Gasteiger charge is -1.97. The lowest BCUT2D eigenvalue weighted by atomic mass is 10.4. The highest BCUT2D eigenvalue weighted by molar-refractivity contribution is 6.18. The largest absolute Gasteiger partial charge is 0.353 e. The topological polar surface area (TPSA) is 29.1 Å². The molecular formula is C6H10ClNO. The fraction of sp³-hybridized carbons (Fsp3) is 0.833. The molecule has 1 fully saturated rings. The van der Waals surface area contributed by atoms with Gasteiger partial charge in [0.25, 0.3) is 0 Å². The van der Waals surface area contributed by atoms with E-state index in [-0.39, 0.29) is 5.91 Å². The number of carbonyl (C=O) groups excluding carboxylic acids is 1. The lowest BCUT2D eigenvalue weighted by Crippen LogP contribution is -2.25. The van der Waals surface area contributed by atoms with Crippen molar-refractivity contribution < 1.29 is 4.79 Å². The number of hydrogen-bond donors (Lipinski definition) is 1. The molecule has 0 aromatic heterocycles. The summed E-state index contributed by atoms with van der Waals surface area (Å²) in [7, 11) is 0. The maximum absolute atomic E-state index is 10.7. The third-order valence-electron chi connectivity index (χ3n) is 1.26. The van der Waals surface area contributed by atoms with Gasteiger partial charge in [0.15, 0.2) is 0 Å². The molecule has 0 saturated heterocycles. The fourth-order valence-electron chi connectivity index (χ4n) is 0.613. The van der Waals surface area contributed by atoms with Crippen molar-refractivity contribution in [1.82, 2.24) is 5.32 Å². The molecule has 0 aromatic rings. The third kappa shape index (κ3) is 2.70. The number of rotatable bonds is 3. The SMILES string of the molecule is O=C(CCCl)NC1CC1. The average Bonchev–Trinajstić information content (AvgIpc) is 2.50. The van der Waals surface area contributed by atoms with Crippen LogP contribution in [0.1, 0.15) is 19.3 Å². The predicted molar refractivity (Wildman–Crippen MR) is 36.5 cm³/mol. The fourth-order valence-corrected chi connectivity index (χ4v) is 0.785. The van der Waals surface area contributed by atoms with Gasteiger partial charge in [-0.25, -0.2) is 0 Å². The van der Waals surface area contributed by atoms with Crippen LogP contribution in [0.3, 0.4) is 0 Å². The van der Waals surface area contributed by atoms with E-state index in [2.05, 4.69) is 5.32 Å². The van der Waals surface area contributed by atoms with Gasteiger partial charge in [-0.1, -0.05) is 0 Å². The van der Waals surface area contributed by atoms with Crippen LogP contribution in [0.15, 0.2) is 0 Å². The van der Waals surface area contributed by atoms with E-state index in [0.717, 1.165) is 12.8 Å². The molecule has 1 rings (SSSR count). The Kier molecular flexibility index (Phi) is 2.34. The van der Waals surface area contributed by atoms with E-state index >= 15 is 0 Å². The molecule has 0 atom stereocenters. The summed E-state index contributed by atoms with van der Waals surface area (Å²) in [5, 5.41) is 2.83. The van der Waals surface area contributed by atoms with Gasteiger partial charge in [0.05, 0.1) is 0 Å². The first-order valence-corrected chi connectivity index (χ1v) is 3.71. The Morgan fingerprint density at radius 2 is 2.33 bits per heavy atom. The lowest BCUT2D eigenvalue weighted by molar-refractivity contribution is -0.120. The molecule has 1 aliphatic carbocycles. The van der Waals surface area contributed by atoms with Gasteiger partial charge in [-0.2, -0.15) is 0 Å². The molecular weight excluding hydrogens is 138 g/mol. The third-order valence-corrected chi connectivity index (χ3v) is 1.45. The van der Waals surface area contributed by atoms with Crippen LogP contribution in [-0.4, -0.2) is 17.8 Å². The van der Waals surface area contributed by atoms with Crippen LogP contribution >= 0.6 is 11.6 Å². The minimum absolute atomic E-state index is 0.0903. The van der Waals surface area contributed by atoms with Gasteiger partial charge < -0.3 is 5.32 Å². The Hall–Kier alpha value is -0.240. The molecule has 52 valence electrons. The van der Waals surface area contributed by atoms with Gasteiger partial charge in [-0.15, -0.1) is 11.6 Å². The monoisotopic (exact) mass is 147 g/mol.